The molecule has 4 N–H and O–H groups in total. The van der Waals surface area contributed by atoms with Gasteiger partial charge in [-0.15, -0.1) is 0 Å². The van der Waals surface area contributed by atoms with Crippen molar-refractivity contribution in [2.45, 2.75) is 88.4 Å². The molecule has 4 rings (SSSR count). The summed E-state index contributed by atoms with van der Waals surface area (Å²) in [5.74, 6) is -1.85. The predicted octanol–water partition coefficient (Wildman–Crippen LogP) is 5.59. The zero-order valence-electron chi connectivity index (χ0n) is 22.9. The minimum Gasteiger partial charge on any atom is -0.393 e. The van der Waals surface area contributed by atoms with E-state index in [2.05, 4.69) is 36.7 Å². The lowest BCUT2D eigenvalue weighted by molar-refractivity contribution is -0.124. The lowest BCUT2D eigenvalue weighted by atomic mass is 9.62. The van der Waals surface area contributed by atoms with E-state index in [-0.39, 0.29) is 34.1 Å². The fourth-order valence-electron chi connectivity index (χ4n) is 6.39. The van der Waals surface area contributed by atoms with Crippen molar-refractivity contribution in [1.29, 1.82) is 0 Å². The molecule has 1 aliphatic carbocycles. The zero-order chi connectivity index (χ0) is 28.5. The number of anilines is 1. The highest BCUT2D eigenvalue weighted by Crippen LogP contribution is 2.53. The molecule has 1 saturated carbocycles. The average molecular weight is 579 g/mol. The molecule has 2 aromatic carbocycles. The summed E-state index contributed by atoms with van der Waals surface area (Å²) in [5, 5.41) is 20.1. The SMILES string of the molecule is CNc1cc(Cl)ccc1[C@@]1(C=O)[C@H](c2cccc(Cl)c2F)[C@@H](C(=O)NC2CCC(O)CC2)N[C@@H]1CC(C)(C)C. The molecule has 0 bridgehead atoms. The number of amides is 1. The molecular weight excluding hydrogens is 540 g/mol. The van der Waals surface area contributed by atoms with Crippen molar-refractivity contribution in [3.05, 3.63) is 63.4 Å². The van der Waals surface area contributed by atoms with E-state index in [1.165, 1.54) is 6.07 Å². The Morgan fingerprint density at radius 2 is 1.87 bits per heavy atom. The van der Waals surface area contributed by atoms with Crippen LogP contribution in [0, 0.1) is 11.2 Å². The molecule has 2 fully saturated rings. The van der Waals surface area contributed by atoms with Crippen LogP contribution >= 0.6 is 23.2 Å². The summed E-state index contributed by atoms with van der Waals surface area (Å²) in [6, 6.07) is 8.43. The number of carbonyl (C=O) groups excluding carboxylic acids is 2. The molecular formula is C30H38Cl2FN3O3. The van der Waals surface area contributed by atoms with Gasteiger partial charge in [-0.1, -0.05) is 62.2 Å². The Kier molecular flexibility index (Phi) is 8.96. The number of hydrogen-bond donors (Lipinski definition) is 4. The number of aliphatic hydroxyl groups is 1. The number of aliphatic hydroxyl groups excluding tert-OH is 1. The number of nitrogens with one attached hydrogen (secondary N) is 3. The van der Waals surface area contributed by atoms with Crippen LogP contribution in [0.3, 0.4) is 0 Å². The minimum atomic E-state index is -1.33. The van der Waals surface area contributed by atoms with Gasteiger partial charge in [0.15, 0.2) is 0 Å². The first kappa shape index (κ1) is 29.8. The van der Waals surface area contributed by atoms with Gasteiger partial charge in [-0.25, -0.2) is 4.39 Å². The Labute approximate surface area is 240 Å². The standard InChI is InChI=1S/C30H38Cl2FN3O3/c1-29(2,3)15-24-30(16-37,21-13-8-17(31)14-23(21)34-4)25(20-6-5-7-22(32)26(20)33)27(36-24)28(39)35-18-9-11-19(38)12-10-18/h5-8,13-14,16,18-19,24-25,27,34,36,38H,9-12,15H2,1-4H3,(H,35,39)/t18?,19?,24-,25-,27+,30-/m1/s1. The van der Waals surface area contributed by atoms with E-state index in [4.69, 9.17) is 23.2 Å². The number of rotatable bonds is 7. The molecule has 0 radical (unpaired) electrons. The van der Waals surface area contributed by atoms with Crippen LogP contribution in [0.25, 0.3) is 0 Å². The van der Waals surface area contributed by atoms with E-state index in [0.29, 0.717) is 48.4 Å². The first-order chi connectivity index (χ1) is 18.4. The molecule has 2 aromatic rings. The molecule has 1 heterocycles. The van der Waals surface area contributed by atoms with Crippen LogP contribution in [-0.4, -0.2) is 48.6 Å². The second-order valence-electron chi connectivity index (χ2n) is 12.1. The van der Waals surface area contributed by atoms with Crippen molar-refractivity contribution in [1.82, 2.24) is 10.6 Å². The molecule has 1 amide bonds. The summed E-state index contributed by atoms with van der Waals surface area (Å²) < 4.78 is 15.8. The van der Waals surface area contributed by atoms with Gasteiger partial charge in [-0.2, -0.15) is 0 Å². The summed E-state index contributed by atoms with van der Waals surface area (Å²) in [7, 11) is 1.74. The van der Waals surface area contributed by atoms with E-state index in [9.17, 15) is 14.7 Å². The molecule has 39 heavy (non-hydrogen) atoms. The Bertz CT molecular complexity index is 1210. The third-order valence-electron chi connectivity index (χ3n) is 8.18. The van der Waals surface area contributed by atoms with Gasteiger partial charge in [0.05, 0.1) is 22.6 Å². The highest BCUT2D eigenvalue weighted by atomic mass is 35.5. The fourth-order valence-corrected chi connectivity index (χ4v) is 6.75. The predicted molar refractivity (Wildman–Crippen MR) is 154 cm³/mol. The Hall–Kier alpha value is -2.19. The Morgan fingerprint density at radius 3 is 2.49 bits per heavy atom. The maximum atomic E-state index is 15.8. The highest BCUT2D eigenvalue weighted by molar-refractivity contribution is 6.31. The van der Waals surface area contributed by atoms with Crippen LogP contribution in [0.4, 0.5) is 10.1 Å². The van der Waals surface area contributed by atoms with Gasteiger partial charge in [0.2, 0.25) is 5.91 Å². The van der Waals surface area contributed by atoms with Gasteiger partial charge < -0.3 is 25.9 Å². The van der Waals surface area contributed by atoms with Crippen LogP contribution in [0.15, 0.2) is 36.4 Å². The maximum Gasteiger partial charge on any atom is 0.238 e. The number of hydrogen-bond acceptors (Lipinski definition) is 5. The Morgan fingerprint density at radius 1 is 1.18 bits per heavy atom. The molecule has 0 spiro atoms. The van der Waals surface area contributed by atoms with Crippen LogP contribution in [0.5, 0.6) is 0 Å². The van der Waals surface area contributed by atoms with Crippen LogP contribution in [-0.2, 0) is 15.0 Å². The van der Waals surface area contributed by atoms with Crippen molar-refractivity contribution >= 4 is 41.1 Å². The molecule has 0 unspecified atom stereocenters. The molecule has 212 valence electrons. The second kappa shape index (κ2) is 11.7. The second-order valence-corrected chi connectivity index (χ2v) is 12.9. The molecule has 1 saturated heterocycles. The van der Waals surface area contributed by atoms with Gasteiger partial charge in [-0.3, -0.25) is 4.79 Å². The van der Waals surface area contributed by atoms with Crippen molar-refractivity contribution in [3.8, 4) is 0 Å². The van der Waals surface area contributed by atoms with E-state index >= 15 is 4.39 Å². The molecule has 4 atom stereocenters. The highest BCUT2D eigenvalue weighted by Gasteiger charge is 2.60. The van der Waals surface area contributed by atoms with Gasteiger partial charge in [0, 0.05) is 35.8 Å². The largest absolute Gasteiger partial charge is 0.393 e. The van der Waals surface area contributed by atoms with Crippen LogP contribution in [0.2, 0.25) is 10.0 Å². The van der Waals surface area contributed by atoms with Crippen molar-refractivity contribution < 1.29 is 19.1 Å². The van der Waals surface area contributed by atoms with E-state index in [0.717, 1.165) is 6.29 Å². The van der Waals surface area contributed by atoms with Gasteiger partial charge >= 0.3 is 0 Å². The summed E-state index contributed by atoms with van der Waals surface area (Å²) in [5.41, 5.74) is -0.0844. The monoisotopic (exact) mass is 577 g/mol. The number of carbonyl (C=O) groups is 2. The number of benzene rings is 2. The van der Waals surface area contributed by atoms with Crippen molar-refractivity contribution in [2.75, 3.05) is 12.4 Å². The average Bonchev–Trinajstić information content (AvgIpc) is 3.20. The number of aldehydes is 1. The summed E-state index contributed by atoms with van der Waals surface area (Å²) >= 11 is 12.6. The normalized spacial score (nSPS) is 29.2. The molecule has 1 aliphatic heterocycles. The first-order valence-electron chi connectivity index (χ1n) is 13.5. The third-order valence-corrected chi connectivity index (χ3v) is 8.70. The van der Waals surface area contributed by atoms with E-state index in [1.54, 1.807) is 37.4 Å². The topological polar surface area (TPSA) is 90.5 Å². The zero-order valence-corrected chi connectivity index (χ0v) is 24.4. The quantitative estimate of drug-likeness (QED) is 0.322. The third kappa shape index (κ3) is 5.97. The summed E-state index contributed by atoms with van der Waals surface area (Å²) in [6.45, 7) is 6.21. The molecule has 0 aromatic heterocycles. The maximum absolute atomic E-state index is 15.8. The summed E-state index contributed by atoms with van der Waals surface area (Å²) in [4.78, 5) is 27.5. The smallest absolute Gasteiger partial charge is 0.238 e. The van der Waals surface area contributed by atoms with Crippen LogP contribution < -0.4 is 16.0 Å². The van der Waals surface area contributed by atoms with Crippen molar-refractivity contribution in [3.63, 3.8) is 0 Å². The van der Waals surface area contributed by atoms with Crippen LogP contribution in [0.1, 0.15) is 69.9 Å². The first-order valence-corrected chi connectivity index (χ1v) is 14.3. The lowest BCUT2D eigenvalue weighted by Gasteiger charge is -2.39. The minimum absolute atomic E-state index is 0.0723. The Balaban J connectivity index is 1.92. The lowest BCUT2D eigenvalue weighted by Crippen LogP contribution is -2.49. The van der Waals surface area contributed by atoms with E-state index < -0.39 is 29.2 Å². The molecule has 2 aliphatic rings. The number of halogens is 3. The van der Waals surface area contributed by atoms with E-state index in [1.807, 2.05) is 0 Å². The summed E-state index contributed by atoms with van der Waals surface area (Å²) in [6.07, 6.45) is 3.57. The molecule has 9 heteroatoms. The van der Waals surface area contributed by atoms with Gasteiger partial charge in [-0.05, 0) is 66.8 Å². The van der Waals surface area contributed by atoms with Gasteiger partial charge in [0.25, 0.3) is 0 Å². The van der Waals surface area contributed by atoms with Crippen molar-refractivity contribution in [2.24, 2.45) is 5.41 Å². The van der Waals surface area contributed by atoms with Gasteiger partial charge in [0.1, 0.15) is 12.1 Å². The molecule has 6 nitrogen and oxygen atoms in total. The fraction of sp³-hybridized carbons (Fsp3) is 0.533.